The number of nitrogens with one attached hydrogen (secondary N) is 1. The lowest BCUT2D eigenvalue weighted by molar-refractivity contribution is -0.138. The molecule has 0 aromatic heterocycles. The molecule has 0 aliphatic carbocycles. The molecule has 0 saturated carbocycles. The van der Waals surface area contributed by atoms with Gasteiger partial charge in [0.15, 0.2) is 0 Å². The molecule has 0 bridgehead atoms. The number of carboxylic acid groups (broad SMARTS) is 2. The second-order valence-corrected chi connectivity index (χ2v) is 13.1. The van der Waals surface area contributed by atoms with Gasteiger partial charge < -0.3 is 21.3 Å². The van der Waals surface area contributed by atoms with Crippen molar-refractivity contribution in [2.45, 2.75) is 212 Å². The first-order valence-electron chi connectivity index (χ1n) is 19.3. The van der Waals surface area contributed by atoms with Crippen molar-refractivity contribution < 1.29 is 29.4 Å². The zero-order valence-corrected chi connectivity index (χ0v) is 29.9. The van der Waals surface area contributed by atoms with Crippen molar-refractivity contribution in [3.05, 3.63) is 0 Å². The average molecular weight is 655 g/mol. The highest BCUT2D eigenvalue weighted by atomic mass is 16.4. The lowest BCUT2D eigenvalue weighted by atomic mass is 10.0. The molecule has 0 aromatic carbocycles. The number of primary amides is 1. The molecule has 0 radical (unpaired) electrons. The summed E-state index contributed by atoms with van der Waals surface area (Å²) in [6.07, 6.45) is 34.9. The zero-order valence-electron chi connectivity index (χ0n) is 29.9. The molecule has 0 aliphatic rings. The van der Waals surface area contributed by atoms with Crippen LogP contribution >= 0.6 is 0 Å². The van der Waals surface area contributed by atoms with Crippen LogP contribution in [0.5, 0.6) is 0 Å². The van der Waals surface area contributed by atoms with E-state index in [0.717, 1.165) is 57.9 Å². The summed E-state index contributed by atoms with van der Waals surface area (Å²) in [6, 6.07) is 0. The normalized spacial score (nSPS) is 10.7. The number of carboxylic acids is 2. The van der Waals surface area contributed by atoms with E-state index in [1.165, 1.54) is 128 Å². The van der Waals surface area contributed by atoms with Crippen LogP contribution in [0.25, 0.3) is 0 Å². The van der Waals surface area contributed by atoms with Crippen molar-refractivity contribution in [2.24, 2.45) is 5.73 Å². The fourth-order valence-corrected chi connectivity index (χ4v) is 5.54. The Hall–Kier alpha value is -2.12. The van der Waals surface area contributed by atoms with E-state index in [0.29, 0.717) is 25.7 Å². The fraction of sp³-hybridized carbons (Fsp3) is 0.895. The van der Waals surface area contributed by atoms with Gasteiger partial charge in [0, 0.05) is 32.2 Å². The van der Waals surface area contributed by atoms with Gasteiger partial charge in [-0.3, -0.25) is 19.2 Å². The average Bonchev–Trinajstić information content (AvgIpc) is 3.01. The number of unbranched alkanes of at least 4 members (excludes halogenated alkanes) is 25. The minimum atomic E-state index is -0.680. The van der Waals surface area contributed by atoms with Gasteiger partial charge in [0.25, 0.3) is 0 Å². The van der Waals surface area contributed by atoms with Gasteiger partial charge in [0.1, 0.15) is 0 Å². The summed E-state index contributed by atoms with van der Waals surface area (Å²) in [5.41, 5.74) is 5.08. The Balaban J connectivity index is 0. The number of carbonyl (C=O) groups excluding carboxylic acids is 2. The molecule has 8 heteroatoms. The van der Waals surface area contributed by atoms with Crippen LogP contribution in [-0.4, -0.2) is 40.5 Å². The fourth-order valence-electron chi connectivity index (χ4n) is 5.54. The number of rotatable bonds is 35. The molecule has 0 unspecified atom stereocenters. The SMILES string of the molecule is CCCCCCNC(=O)CCCCCCCCCCCCCCC(=O)O.NC(=O)CCCCCCCCCCCCCCC(=O)O. The second-order valence-electron chi connectivity index (χ2n) is 13.1. The number of aliphatic carboxylic acids is 2. The second kappa shape index (κ2) is 39.1. The van der Waals surface area contributed by atoms with Gasteiger partial charge in [-0.25, -0.2) is 0 Å². The molecule has 0 aromatic rings. The predicted molar refractivity (Wildman–Crippen MR) is 191 cm³/mol. The van der Waals surface area contributed by atoms with Gasteiger partial charge in [-0.1, -0.05) is 155 Å². The van der Waals surface area contributed by atoms with Crippen LogP contribution in [0.3, 0.4) is 0 Å². The maximum atomic E-state index is 11.7. The summed E-state index contributed by atoms with van der Waals surface area (Å²) >= 11 is 0. The summed E-state index contributed by atoms with van der Waals surface area (Å²) in [4.78, 5) is 42.9. The van der Waals surface area contributed by atoms with Gasteiger partial charge in [-0.15, -0.1) is 0 Å². The standard InChI is InChI=1S/C22H43NO3.C16H31NO3/c1-2-3-4-17-20-23-21(24)18-15-13-11-9-7-5-6-8-10-12-14-16-19-22(25)26;17-15(18)13-11-9-7-5-3-1-2-4-6-8-10-12-14-16(19)20/h2-20H2,1H3,(H,23,24)(H,25,26);1-14H2,(H2,17,18)(H,19,20). The van der Waals surface area contributed by atoms with Crippen molar-refractivity contribution >= 4 is 23.8 Å². The maximum absolute atomic E-state index is 11.7. The van der Waals surface area contributed by atoms with E-state index in [1.54, 1.807) is 0 Å². The minimum absolute atomic E-state index is 0.187. The van der Waals surface area contributed by atoms with E-state index in [1.807, 2.05) is 0 Å². The monoisotopic (exact) mass is 655 g/mol. The topological polar surface area (TPSA) is 147 Å². The van der Waals surface area contributed by atoms with Crippen molar-refractivity contribution in [3.8, 4) is 0 Å². The summed E-state index contributed by atoms with van der Waals surface area (Å²) in [7, 11) is 0. The number of nitrogens with two attached hydrogens (primary N) is 1. The lowest BCUT2D eigenvalue weighted by Crippen LogP contribution is -2.23. The first-order chi connectivity index (χ1) is 22.3. The van der Waals surface area contributed by atoms with Crippen LogP contribution in [-0.2, 0) is 19.2 Å². The molecule has 0 heterocycles. The molecular weight excluding hydrogens is 580 g/mol. The molecular formula is C38H74N2O6. The van der Waals surface area contributed by atoms with Gasteiger partial charge in [0.2, 0.25) is 11.8 Å². The van der Waals surface area contributed by atoms with Gasteiger partial charge >= 0.3 is 11.9 Å². The Labute approximate surface area is 282 Å². The van der Waals surface area contributed by atoms with Gasteiger partial charge in [0.05, 0.1) is 0 Å². The Bertz CT molecular complexity index is 675. The molecule has 0 aliphatic heterocycles. The quantitative estimate of drug-likeness (QED) is 0.0500. The summed E-state index contributed by atoms with van der Waals surface area (Å²) in [5.74, 6) is -1.31. The number of hydrogen-bond acceptors (Lipinski definition) is 4. The molecule has 5 N–H and O–H groups in total. The highest BCUT2D eigenvalue weighted by molar-refractivity contribution is 5.75. The zero-order chi connectivity index (χ0) is 34.4. The number of carbonyl (C=O) groups is 4. The van der Waals surface area contributed by atoms with E-state index >= 15 is 0 Å². The predicted octanol–water partition coefficient (Wildman–Crippen LogP) is 10.2. The van der Waals surface area contributed by atoms with Crippen molar-refractivity contribution in [3.63, 3.8) is 0 Å². The molecule has 46 heavy (non-hydrogen) atoms. The third kappa shape index (κ3) is 46.3. The Morgan fingerprint density at radius 2 is 0.696 bits per heavy atom. The Morgan fingerprint density at radius 1 is 0.413 bits per heavy atom. The van der Waals surface area contributed by atoms with E-state index in [2.05, 4.69) is 12.2 Å². The molecule has 0 rings (SSSR count). The maximum Gasteiger partial charge on any atom is 0.303 e. The highest BCUT2D eigenvalue weighted by Gasteiger charge is 2.01. The summed E-state index contributed by atoms with van der Waals surface area (Å²) < 4.78 is 0. The largest absolute Gasteiger partial charge is 0.481 e. The van der Waals surface area contributed by atoms with E-state index in [4.69, 9.17) is 15.9 Å². The van der Waals surface area contributed by atoms with Crippen molar-refractivity contribution in [1.29, 1.82) is 0 Å². The molecule has 8 nitrogen and oxygen atoms in total. The van der Waals surface area contributed by atoms with Crippen LogP contribution in [0.4, 0.5) is 0 Å². The number of hydrogen-bond donors (Lipinski definition) is 4. The first kappa shape index (κ1) is 46.0. The summed E-state index contributed by atoms with van der Waals surface area (Å²) in [6.45, 7) is 3.05. The van der Waals surface area contributed by atoms with Gasteiger partial charge in [-0.05, 0) is 32.1 Å². The van der Waals surface area contributed by atoms with Crippen LogP contribution < -0.4 is 11.1 Å². The molecule has 2 amide bonds. The van der Waals surface area contributed by atoms with Gasteiger partial charge in [-0.2, -0.15) is 0 Å². The lowest BCUT2D eigenvalue weighted by Gasteiger charge is -2.05. The molecule has 0 fully saturated rings. The van der Waals surface area contributed by atoms with Crippen LogP contribution in [0.2, 0.25) is 0 Å². The Morgan fingerprint density at radius 3 is 1.00 bits per heavy atom. The molecule has 0 saturated heterocycles. The third-order valence-corrected chi connectivity index (χ3v) is 8.46. The van der Waals surface area contributed by atoms with E-state index in [-0.39, 0.29) is 11.8 Å². The van der Waals surface area contributed by atoms with Crippen molar-refractivity contribution in [2.75, 3.05) is 6.54 Å². The molecule has 272 valence electrons. The van der Waals surface area contributed by atoms with Crippen molar-refractivity contribution in [1.82, 2.24) is 5.32 Å². The van der Waals surface area contributed by atoms with Crippen LogP contribution in [0.15, 0.2) is 0 Å². The van der Waals surface area contributed by atoms with E-state index < -0.39 is 11.9 Å². The third-order valence-electron chi connectivity index (χ3n) is 8.46. The minimum Gasteiger partial charge on any atom is -0.481 e. The first-order valence-corrected chi connectivity index (χ1v) is 19.3. The smallest absolute Gasteiger partial charge is 0.303 e. The summed E-state index contributed by atoms with van der Waals surface area (Å²) in [5, 5.41) is 20.1. The highest BCUT2D eigenvalue weighted by Crippen LogP contribution is 2.14. The van der Waals surface area contributed by atoms with Crippen LogP contribution in [0.1, 0.15) is 212 Å². The number of amides is 2. The molecule has 0 atom stereocenters. The Kier molecular flexibility index (Phi) is 39.1. The van der Waals surface area contributed by atoms with E-state index in [9.17, 15) is 19.2 Å². The molecule has 0 spiro atoms. The van der Waals surface area contributed by atoms with Crippen LogP contribution in [0, 0.1) is 0 Å².